The van der Waals surface area contributed by atoms with Crippen LogP contribution in [-0.4, -0.2) is 50.1 Å². The molecule has 4 N–H and O–H groups in total. The van der Waals surface area contributed by atoms with E-state index in [0.29, 0.717) is 17.0 Å². The second-order valence-electron chi connectivity index (χ2n) is 6.23. The first-order valence-electron chi connectivity index (χ1n) is 8.83. The molecule has 0 spiro atoms. The molecule has 0 radical (unpaired) electrons. The van der Waals surface area contributed by atoms with Crippen molar-refractivity contribution < 1.29 is 9.53 Å². The Morgan fingerprint density at radius 2 is 2.17 bits per heavy atom. The Bertz CT molecular complexity index is 562. The van der Waals surface area contributed by atoms with Crippen molar-refractivity contribution in [2.75, 3.05) is 44.3 Å². The first-order valence-corrected chi connectivity index (χ1v) is 8.83. The Morgan fingerprint density at radius 3 is 2.83 bits per heavy atom. The maximum atomic E-state index is 12.7. The lowest BCUT2D eigenvalue weighted by molar-refractivity contribution is 0.0924. The van der Waals surface area contributed by atoms with Gasteiger partial charge in [-0.1, -0.05) is 13.3 Å². The monoisotopic (exact) mass is 334 g/mol. The zero-order chi connectivity index (χ0) is 17.5. The fraction of sp³-hybridized carbons (Fsp3) is 0.611. The first kappa shape index (κ1) is 18.4. The molecule has 1 atom stereocenters. The topological polar surface area (TPSA) is 79.6 Å². The normalized spacial score (nSPS) is 18.7. The largest absolute Gasteiger partial charge is 0.496 e. The molecular weight excluding hydrogens is 304 g/mol. The van der Waals surface area contributed by atoms with Crippen LogP contribution in [0, 0.1) is 0 Å². The van der Waals surface area contributed by atoms with Gasteiger partial charge in [-0.05, 0) is 38.9 Å². The van der Waals surface area contributed by atoms with Gasteiger partial charge in [-0.2, -0.15) is 0 Å². The number of ether oxygens (including phenoxy) is 1. The van der Waals surface area contributed by atoms with Crippen LogP contribution in [-0.2, 0) is 0 Å². The number of benzene rings is 1. The summed E-state index contributed by atoms with van der Waals surface area (Å²) in [5.41, 5.74) is 7.90. The van der Waals surface area contributed by atoms with Gasteiger partial charge in [0, 0.05) is 25.2 Å². The van der Waals surface area contributed by atoms with E-state index in [1.807, 2.05) is 6.92 Å². The highest BCUT2D eigenvalue weighted by Gasteiger charge is 2.22. The number of hydrogen-bond donors (Lipinski definition) is 3. The molecule has 1 aliphatic heterocycles. The molecule has 0 aliphatic carbocycles. The molecule has 1 aromatic carbocycles. The number of hydrogen-bond acceptors (Lipinski definition) is 5. The summed E-state index contributed by atoms with van der Waals surface area (Å²) in [7, 11) is 1.57. The quantitative estimate of drug-likeness (QED) is 0.696. The van der Waals surface area contributed by atoms with Crippen molar-refractivity contribution in [3.63, 3.8) is 0 Å². The SMILES string of the molecule is CCNc1cc(OC)c(C(=O)NC2CCCCN(CC)C2)cc1N. The van der Waals surface area contributed by atoms with Crippen molar-refractivity contribution in [3.05, 3.63) is 17.7 Å². The summed E-state index contributed by atoms with van der Waals surface area (Å²) in [5, 5.41) is 6.33. The molecule has 1 amide bonds. The van der Waals surface area contributed by atoms with Crippen molar-refractivity contribution in [2.24, 2.45) is 0 Å². The Morgan fingerprint density at radius 1 is 1.38 bits per heavy atom. The second-order valence-corrected chi connectivity index (χ2v) is 6.23. The molecule has 1 aliphatic rings. The van der Waals surface area contributed by atoms with Crippen LogP contribution in [0.4, 0.5) is 11.4 Å². The average Bonchev–Trinajstić information content (AvgIpc) is 2.81. The highest BCUT2D eigenvalue weighted by molar-refractivity contribution is 5.99. The lowest BCUT2D eigenvalue weighted by Gasteiger charge is -2.24. The van der Waals surface area contributed by atoms with Crippen LogP contribution in [0.2, 0.25) is 0 Å². The third kappa shape index (κ3) is 4.54. The molecule has 6 heteroatoms. The molecule has 2 rings (SSSR count). The van der Waals surface area contributed by atoms with Gasteiger partial charge in [-0.3, -0.25) is 4.79 Å². The number of likely N-dealkylation sites (tertiary alicyclic amines) is 1. The minimum atomic E-state index is -0.121. The van der Waals surface area contributed by atoms with Gasteiger partial charge < -0.3 is 26.0 Å². The molecule has 0 saturated carbocycles. The third-order valence-electron chi connectivity index (χ3n) is 4.52. The van der Waals surface area contributed by atoms with E-state index in [-0.39, 0.29) is 11.9 Å². The second kappa shape index (κ2) is 8.78. The van der Waals surface area contributed by atoms with Gasteiger partial charge in [0.1, 0.15) is 5.75 Å². The number of nitrogens with two attached hydrogens (primary N) is 1. The summed E-state index contributed by atoms with van der Waals surface area (Å²) >= 11 is 0. The molecule has 1 saturated heterocycles. The van der Waals surface area contributed by atoms with Crippen LogP contribution < -0.4 is 21.1 Å². The molecular formula is C18H30N4O2. The van der Waals surface area contributed by atoms with E-state index in [1.165, 1.54) is 6.42 Å². The molecule has 1 fully saturated rings. The van der Waals surface area contributed by atoms with Crippen molar-refractivity contribution in [3.8, 4) is 5.75 Å². The van der Waals surface area contributed by atoms with E-state index in [9.17, 15) is 4.79 Å². The molecule has 0 aromatic heterocycles. The van der Waals surface area contributed by atoms with Crippen LogP contribution in [0.25, 0.3) is 0 Å². The van der Waals surface area contributed by atoms with E-state index in [1.54, 1.807) is 19.2 Å². The van der Waals surface area contributed by atoms with E-state index < -0.39 is 0 Å². The third-order valence-corrected chi connectivity index (χ3v) is 4.52. The molecule has 1 aromatic rings. The zero-order valence-electron chi connectivity index (χ0n) is 15.0. The minimum absolute atomic E-state index is 0.121. The zero-order valence-corrected chi connectivity index (χ0v) is 15.0. The smallest absolute Gasteiger partial charge is 0.255 e. The number of likely N-dealkylation sites (N-methyl/N-ethyl adjacent to an activating group) is 1. The number of amides is 1. The van der Waals surface area contributed by atoms with Crippen molar-refractivity contribution in [1.82, 2.24) is 10.2 Å². The Balaban J connectivity index is 2.14. The summed E-state index contributed by atoms with van der Waals surface area (Å²) < 4.78 is 5.40. The number of rotatable bonds is 6. The number of carbonyl (C=O) groups is 1. The van der Waals surface area contributed by atoms with Crippen molar-refractivity contribution >= 4 is 17.3 Å². The fourth-order valence-electron chi connectivity index (χ4n) is 3.17. The van der Waals surface area contributed by atoms with Crippen LogP contribution >= 0.6 is 0 Å². The van der Waals surface area contributed by atoms with Gasteiger partial charge in [0.15, 0.2) is 0 Å². The molecule has 24 heavy (non-hydrogen) atoms. The highest BCUT2D eigenvalue weighted by Crippen LogP contribution is 2.29. The van der Waals surface area contributed by atoms with Gasteiger partial charge >= 0.3 is 0 Å². The molecule has 1 unspecified atom stereocenters. The van der Waals surface area contributed by atoms with Gasteiger partial charge in [-0.15, -0.1) is 0 Å². The van der Waals surface area contributed by atoms with E-state index in [2.05, 4.69) is 22.5 Å². The standard InChI is InChI=1S/C18H30N4O2/c1-4-20-16-11-17(24-3)14(10-15(16)19)18(23)21-13-8-6-7-9-22(5-2)12-13/h10-11,13,20H,4-9,12,19H2,1-3H3,(H,21,23). The summed E-state index contributed by atoms with van der Waals surface area (Å²) in [6.45, 7) is 7.94. The van der Waals surface area contributed by atoms with Crippen LogP contribution in [0.1, 0.15) is 43.5 Å². The summed E-state index contributed by atoms with van der Waals surface area (Å²) in [6, 6.07) is 3.65. The predicted molar refractivity (Wildman–Crippen MR) is 98.8 cm³/mol. The Hall–Kier alpha value is -1.95. The highest BCUT2D eigenvalue weighted by atomic mass is 16.5. The number of nitrogens with one attached hydrogen (secondary N) is 2. The van der Waals surface area contributed by atoms with Crippen LogP contribution in [0.3, 0.4) is 0 Å². The van der Waals surface area contributed by atoms with Crippen LogP contribution in [0.5, 0.6) is 5.75 Å². The summed E-state index contributed by atoms with van der Waals surface area (Å²) in [6.07, 6.45) is 3.34. The van der Waals surface area contributed by atoms with E-state index in [0.717, 1.165) is 44.7 Å². The number of methoxy groups -OCH3 is 1. The van der Waals surface area contributed by atoms with Crippen molar-refractivity contribution in [2.45, 2.75) is 39.2 Å². The molecule has 0 bridgehead atoms. The number of nitrogens with zero attached hydrogens (tertiary/aromatic N) is 1. The van der Waals surface area contributed by atoms with Gasteiger partial charge in [-0.25, -0.2) is 0 Å². The average molecular weight is 334 g/mol. The predicted octanol–water partition coefficient (Wildman–Crippen LogP) is 2.31. The van der Waals surface area contributed by atoms with E-state index in [4.69, 9.17) is 10.5 Å². The first-order chi connectivity index (χ1) is 11.6. The van der Waals surface area contributed by atoms with E-state index >= 15 is 0 Å². The van der Waals surface area contributed by atoms with Crippen molar-refractivity contribution in [1.29, 1.82) is 0 Å². The van der Waals surface area contributed by atoms with Gasteiger partial charge in [0.2, 0.25) is 0 Å². The molecule has 6 nitrogen and oxygen atoms in total. The lowest BCUT2D eigenvalue weighted by Crippen LogP contribution is -2.42. The maximum Gasteiger partial charge on any atom is 0.255 e. The minimum Gasteiger partial charge on any atom is -0.496 e. The lowest BCUT2D eigenvalue weighted by atomic mass is 10.1. The number of nitrogen functional groups attached to an aromatic ring is 1. The van der Waals surface area contributed by atoms with Crippen LogP contribution in [0.15, 0.2) is 12.1 Å². The van der Waals surface area contributed by atoms with Gasteiger partial charge in [0.05, 0.1) is 24.0 Å². The number of carbonyl (C=O) groups excluding carboxylic acids is 1. The maximum absolute atomic E-state index is 12.7. The Labute approximate surface area is 144 Å². The molecule has 1 heterocycles. The van der Waals surface area contributed by atoms with Gasteiger partial charge in [0.25, 0.3) is 5.91 Å². The Kier molecular flexibility index (Phi) is 6.73. The number of anilines is 2. The summed E-state index contributed by atoms with van der Waals surface area (Å²) in [4.78, 5) is 15.1. The summed E-state index contributed by atoms with van der Waals surface area (Å²) in [5.74, 6) is 0.420. The molecule has 134 valence electrons. The fourth-order valence-corrected chi connectivity index (χ4v) is 3.17.